The molecule has 126 valence electrons. The van der Waals surface area contributed by atoms with Crippen LogP contribution < -0.4 is 10.5 Å². The van der Waals surface area contributed by atoms with Gasteiger partial charge in [0.05, 0.1) is 24.6 Å². The van der Waals surface area contributed by atoms with Crippen LogP contribution >= 0.6 is 0 Å². The van der Waals surface area contributed by atoms with Crippen molar-refractivity contribution < 1.29 is 18.6 Å². The summed E-state index contributed by atoms with van der Waals surface area (Å²) >= 11 is 0. The molecule has 0 bridgehead atoms. The van der Waals surface area contributed by atoms with Gasteiger partial charge in [0.2, 0.25) is 0 Å². The summed E-state index contributed by atoms with van der Waals surface area (Å²) in [5.41, 5.74) is 5.33. The first-order valence-electron chi connectivity index (χ1n) is 7.12. The lowest BCUT2D eigenvalue weighted by Crippen LogP contribution is -2.18. The molecule has 0 aliphatic heterocycles. The Bertz CT molecular complexity index is 932. The lowest BCUT2D eigenvalue weighted by atomic mass is 9.99. The molecule has 3 N–H and O–H groups in total. The van der Waals surface area contributed by atoms with Crippen molar-refractivity contribution in [1.29, 1.82) is 0 Å². The number of aliphatic hydroxyl groups is 1. The molecule has 0 aliphatic carbocycles. The first-order valence-corrected chi connectivity index (χ1v) is 7.12. The molecule has 0 atom stereocenters. The number of pyridine rings is 2. The minimum Gasteiger partial charge on any atom is -0.496 e. The van der Waals surface area contributed by atoms with Crippen molar-refractivity contribution in [1.82, 2.24) is 14.4 Å². The van der Waals surface area contributed by atoms with Crippen LogP contribution in [0.3, 0.4) is 0 Å². The number of methoxy groups -OCH3 is 1. The van der Waals surface area contributed by atoms with Crippen LogP contribution in [0.5, 0.6) is 5.75 Å². The van der Waals surface area contributed by atoms with Gasteiger partial charge in [0.1, 0.15) is 17.1 Å². The maximum absolute atomic E-state index is 14.1. The molecule has 0 saturated carbocycles. The van der Waals surface area contributed by atoms with E-state index in [1.807, 2.05) is 0 Å². The molecule has 6 nitrogen and oxygen atoms in total. The van der Waals surface area contributed by atoms with Gasteiger partial charge >= 0.3 is 0 Å². The first kappa shape index (κ1) is 16.1. The Morgan fingerprint density at radius 3 is 2.58 bits per heavy atom. The normalized spacial score (nSPS) is 11.9. The number of hydrogen-bond donors (Lipinski definition) is 2. The third kappa shape index (κ3) is 2.54. The summed E-state index contributed by atoms with van der Waals surface area (Å²) in [4.78, 5) is 7.95. The number of hydrogen-bond acceptors (Lipinski definition) is 5. The van der Waals surface area contributed by atoms with Crippen molar-refractivity contribution in [3.05, 3.63) is 41.7 Å². The summed E-state index contributed by atoms with van der Waals surface area (Å²) in [6.45, 7) is 3.20. The Kier molecular flexibility index (Phi) is 3.64. The van der Waals surface area contributed by atoms with Gasteiger partial charge in [-0.05, 0) is 13.8 Å². The molecular formula is C16H16F2N4O2. The third-order valence-electron chi connectivity index (χ3n) is 3.69. The summed E-state index contributed by atoms with van der Waals surface area (Å²) in [6, 6.07) is 2.29. The van der Waals surface area contributed by atoms with Crippen molar-refractivity contribution in [2.75, 3.05) is 12.8 Å². The van der Waals surface area contributed by atoms with E-state index >= 15 is 0 Å². The van der Waals surface area contributed by atoms with Crippen molar-refractivity contribution in [2.24, 2.45) is 0 Å². The minimum atomic E-state index is -1.20. The molecule has 3 rings (SSSR count). The summed E-state index contributed by atoms with van der Waals surface area (Å²) in [6.07, 6.45) is 2.98. The fourth-order valence-corrected chi connectivity index (χ4v) is 2.47. The Morgan fingerprint density at radius 1 is 1.25 bits per heavy atom. The summed E-state index contributed by atoms with van der Waals surface area (Å²) in [5, 5.41) is 10.3. The number of ether oxygens (including phenoxy) is 1. The number of fused-ring (bicyclic) bond motifs is 1. The molecule has 3 heterocycles. The van der Waals surface area contributed by atoms with Crippen LogP contribution in [0.4, 0.5) is 14.6 Å². The topological polar surface area (TPSA) is 85.7 Å². The second kappa shape index (κ2) is 5.41. The van der Waals surface area contributed by atoms with Crippen LogP contribution in [0.1, 0.15) is 19.4 Å². The fourth-order valence-electron chi connectivity index (χ4n) is 2.47. The van der Waals surface area contributed by atoms with Gasteiger partial charge in [-0.15, -0.1) is 0 Å². The number of aromatic nitrogens is 3. The lowest BCUT2D eigenvalue weighted by Gasteiger charge is -2.21. The van der Waals surface area contributed by atoms with Gasteiger partial charge in [0.15, 0.2) is 17.5 Å². The molecule has 0 radical (unpaired) electrons. The number of halogens is 2. The third-order valence-corrected chi connectivity index (χ3v) is 3.69. The van der Waals surface area contributed by atoms with Gasteiger partial charge in [-0.3, -0.25) is 4.40 Å². The Hall–Kier alpha value is -2.74. The number of rotatable bonds is 3. The zero-order valence-electron chi connectivity index (χ0n) is 13.3. The molecule has 0 saturated heterocycles. The average Bonchev–Trinajstić information content (AvgIpc) is 2.91. The second-order valence-corrected chi connectivity index (χ2v) is 5.87. The van der Waals surface area contributed by atoms with Crippen LogP contribution in [0.25, 0.3) is 17.0 Å². The zero-order chi connectivity index (χ0) is 17.6. The van der Waals surface area contributed by atoms with Gasteiger partial charge in [-0.25, -0.2) is 18.7 Å². The molecule has 24 heavy (non-hydrogen) atoms. The van der Waals surface area contributed by atoms with E-state index in [-0.39, 0.29) is 11.4 Å². The van der Waals surface area contributed by atoms with Crippen LogP contribution in [-0.4, -0.2) is 26.6 Å². The average molecular weight is 334 g/mol. The standard InChI is InChI=1S/C16H16F2N4O2/c1-16(2,23)8-7-22-11(6-20-13(22)5-12(8)24-3)14-9(17)4-10(18)15(19)21-14/h4-7,23H,1-3H3,(H2,19,21). The first-order chi connectivity index (χ1) is 11.2. The van der Waals surface area contributed by atoms with Crippen molar-refractivity contribution in [3.63, 3.8) is 0 Å². The van der Waals surface area contributed by atoms with Crippen LogP contribution in [0.2, 0.25) is 0 Å². The SMILES string of the molecule is COc1cc2ncc(-c3nc(N)c(F)cc3F)n2cc1C(C)(C)O. The predicted molar refractivity (Wildman–Crippen MR) is 84.5 cm³/mol. The Balaban J connectivity index is 2.30. The molecule has 0 fully saturated rings. The number of anilines is 1. The molecule has 8 heteroatoms. The highest BCUT2D eigenvalue weighted by atomic mass is 19.1. The summed E-state index contributed by atoms with van der Waals surface area (Å²) in [5.74, 6) is -1.75. The Morgan fingerprint density at radius 2 is 1.96 bits per heavy atom. The molecule has 0 amide bonds. The van der Waals surface area contributed by atoms with E-state index in [1.165, 1.54) is 13.3 Å². The summed E-state index contributed by atoms with van der Waals surface area (Å²) in [7, 11) is 1.48. The summed E-state index contributed by atoms with van der Waals surface area (Å²) < 4.78 is 34.3. The van der Waals surface area contributed by atoms with Gasteiger partial charge in [-0.1, -0.05) is 0 Å². The van der Waals surface area contributed by atoms with Crippen LogP contribution in [0, 0.1) is 11.6 Å². The lowest BCUT2D eigenvalue weighted by molar-refractivity contribution is 0.0752. The largest absolute Gasteiger partial charge is 0.496 e. The van der Waals surface area contributed by atoms with E-state index < -0.39 is 23.1 Å². The number of imidazole rings is 1. The number of nitrogens with two attached hydrogens (primary N) is 1. The molecule has 3 aromatic heterocycles. The van der Waals surface area contributed by atoms with Gasteiger partial charge < -0.3 is 15.6 Å². The molecule has 0 spiro atoms. The number of nitrogens with zero attached hydrogens (tertiary/aromatic N) is 3. The molecule has 0 aliphatic rings. The monoisotopic (exact) mass is 334 g/mol. The predicted octanol–water partition coefficient (Wildman–Crippen LogP) is 2.49. The highest BCUT2D eigenvalue weighted by Crippen LogP contribution is 2.33. The van der Waals surface area contributed by atoms with Crippen molar-refractivity contribution in [3.8, 4) is 17.1 Å². The van der Waals surface area contributed by atoms with E-state index in [0.29, 0.717) is 23.0 Å². The van der Waals surface area contributed by atoms with E-state index in [0.717, 1.165) is 0 Å². The van der Waals surface area contributed by atoms with Gasteiger partial charge in [-0.2, -0.15) is 0 Å². The molecule has 3 aromatic rings. The van der Waals surface area contributed by atoms with Crippen molar-refractivity contribution in [2.45, 2.75) is 19.4 Å². The molecular weight excluding hydrogens is 318 g/mol. The van der Waals surface area contributed by atoms with Crippen LogP contribution in [-0.2, 0) is 5.60 Å². The maximum atomic E-state index is 14.1. The fraction of sp³-hybridized carbons (Fsp3) is 0.250. The minimum absolute atomic E-state index is 0.131. The van der Waals surface area contributed by atoms with Crippen molar-refractivity contribution >= 4 is 11.5 Å². The molecule has 0 unspecified atom stereocenters. The highest BCUT2D eigenvalue weighted by Gasteiger charge is 2.24. The number of nitrogen functional groups attached to an aromatic ring is 1. The Labute approximate surface area is 136 Å². The molecule has 0 aromatic carbocycles. The quantitative estimate of drug-likeness (QED) is 0.768. The van der Waals surface area contributed by atoms with E-state index in [1.54, 1.807) is 30.5 Å². The smallest absolute Gasteiger partial charge is 0.168 e. The van der Waals surface area contributed by atoms with E-state index in [2.05, 4.69) is 9.97 Å². The van der Waals surface area contributed by atoms with Gasteiger partial charge in [0.25, 0.3) is 0 Å². The van der Waals surface area contributed by atoms with Crippen LogP contribution in [0.15, 0.2) is 24.5 Å². The highest BCUT2D eigenvalue weighted by molar-refractivity contribution is 5.64. The second-order valence-electron chi connectivity index (χ2n) is 5.87. The maximum Gasteiger partial charge on any atom is 0.168 e. The van der Waals surface area contributed by atoms with E-state index in [4.69, 9.17) is 10.5 Å². The van der Waals surface area contributed by atoms with Gasteiger partial charge in [0, 0.05) is 23.9 Å². The zero-order valence-corrected chi connectivity index (χ0v) is 13.3. The van der Waals surface area contributed by atoms with E-state index in [9.17, 15) is 13.9 Å².